The maximum Gasteiger partial charge on any atom is 0.305 e. The first kappa shape index (κ1) is 22.6. The number of pyridine rings is 1. The first-order valence-corrected chi connectivity index (χ1v) is 9.73. The van der Waals surface area contributed by atoms with Crippen molar-refractivity contribution in [1.82, 2.24) is 10.3 Å². The van der Waals surface area contributed by atoms with E-state index in [0.717, 1.165) is 0 Å². The first-order valence-electron chi connectivity index (χ1n) is 9.73. The number of carboxylic acid groups (broad SMARTS) is 1. The van der Waals surface area contributed by atoms with Gasteiger partial charge >= 0.3 is 5.97 Å². The summed E-state index contributed by atoms with van der Waals surface area (Å²) in [5.41, 5.74) is 1.59. The molecule has 8 heteroatoms. The van der Waals surface area contributed by atoms with Gasteiger partial charge in [0, 0.05) is 16.7 Å². The van der Waals surface area contributed by atoms with Crippen molar-refractivity contribution in [3.8, 4) is 17.0 Å². The van der Waals surface area contributed by atoms with Crippen LogP contribution in [0.5, 0.6) is 5.75 Å². The predicted octanol–water partition coefficient (Wildman–Crippen LogP) is 4.04. The molecule has 2 N–H and O–H groups in total. The molecule has 1 amide bonds. The molecule has 1 aromatic heterocycles. The van der Waals surface area contributed by atoms with E-state index in [1.807, 2.05) is 0 Å². The summed E-state index contributed by atoms with van der Waals surface area (Å²) in [4.78, 5) is 40.0. The highest BCUT2D eigenvalue weighted by atomic mass is 19.1. The van der Waals surface area contributed by atoms with Gasteiger partial charge in [0.25, 0.3) is 5.91 Å². The molecule has 0 radical (unpaired) electrons. The van der Waals surface area contributed by atoms with Crippen molar-refractivity contribution in [3.05, 3.63) is 83.3 Å². The molecule has 1 unspecified atom stereocenters. The van der Waals surface area contributed by atoms with Gasteiger partial charge in [-0.05, 0) is 25.1 Å². The number of carboxylic acids is 1. The number of rotatable bonds is 8. The fraction of sp³-hybridized carbons (Fsp3) is 0.167. The molecule has 2 aromatic carbocycles. The average Bonchev–Trinajstić information content (AvgIpc) is 2.78. The van der Waals surface area contributed by atoms with E-state index in [0.29, 0.717) is 22.6 Å². The van der Waals surface area contributed by atoms with Gasteiger partial charge in [-0.2, -0.15) is 0 Å². The summed E-state index contributed by atoms with van der Waals surface area (Å²) in [6.45, 7) is 1.46. The van der Waals surface area contributed by atoms with Crippen LogP contribution in [-0.4, -0.2) is 34.9 Å². The Balaban J connectivity index is 1.93. The predicted molar refractivity (Wildman–Crippen MR) is 115 cm³/mol. The molecule has 164 valence electrons. The van der Waals surface area contributed by atoms with Crippen LogP contribution in [0.3, 0.4) is 0 Å². The molecule has 0 aliphatic rings. The number of hydrogen-bond acceptors (Lipinski definition) is 5. The lowest BCUT2D eigenvalue weighted by Crippen LogP contribution is -2.31. The molecule has 3 aromatic rings. The number of amides is 1. The summed E-state index contributed by atoms with van der Waals surface area (Å²) in [5.74, 6) is -2.14. The minimum Gasteiger partial charge on any atom is -0.494 e. The summed E-state index contributed by atoms with van der Waals surface area (Å²) in [5, 5.41) is 11.8. The van der Waals surface area contributed by atoms with Gasteiger partial charge in [-0.1, -0.05) is 42.5 Å². The molecule has 0 aliphatic carbocycles. The van der Waals surface area contributed by atoms with Gasteiger partial charge < -0.3 is 15.2 Å². The number of carbonyl (C=O) groups is 3. The third kappa shape index (κ3) is 5.15. The zero-order valence-electron chi connectivity index (χ0n) is 17.5. The normalized spacial score (nSPS) is 11.5. The van der Waals surface area contributed by atoms with Gasteiger partial charge in [-0.25, -0.2) is 9.37 Å². The van der Waals surface area contributed by atoms with Crippen LogP contribution in [0.1, 0.15) is 45.8 Å². The molecule has 3 rings (SSSR count). The van der Waals surface area contributed by atoms with Crippen LogP contribution in [-0.2, 0) is 4.79 Å². The molecule has 0 saturated heterocycles. The summed E-state index contributed by atoms with van der Waals surface area (Å²) in [6.07, 6.45) is -0.498. The van der Waals surface area contributed by atoms with Gasteiger partial charge in [-0.3, -0.25) is 14.4 Å². The van der Waals surface area contributed by atoms with Crippen molar-refractivity contribution in [3.63, 3.8) is 0 Å². The second-order valence-electron chi connectivity index (χ2n) is 7.03. The van der Waals surface area contributed by atoms with Crippen LogP contribution < -0.4 is 10.1 Å². The van der Waals surface area contributed by atoms with Crippen molar-refractivity contribution in [1.29, 1.82) is 0 Å². The van der Waals surface area contributed by atoms with E-state index >= 15 is 0 Å². The Morgan fingerprint density at radius 2 is 1.75 bits per heavy atom. The molecule has 7 nitrogen and oxygen atoms in total. The molecule has 32 heavy (non-hydrogen) atoms. The van der Waals surface area contributed by atoms with E-state index in [2.05, 4.69) is 10.3 Å². The van der Waals surface area contributed by atoms with Crippen molar-refractivity contribution in [2.75, 3.05) is 7.11 Å². The number of nitrogens with zero attached hydrogens (tertiary/aromatic N) is 1. The SMILES string of the molecule is COc1ccc(C(=O)NC(CC(=O)O)c2ccccc2F)nc1-c1ccc(C(C)=O)cc1. The van der Waals surface area contributed by atoms with Crippen LogP contribution in [0.2, 0.25) is 0 Å². The maximum atomic E-state index is 14.2. The molecule has 1 heterocycles. The van der Waals surface area contributed by atoms with Gasteiger partial charge in [0.15, 0.2) is 5.78 Å². The fourth-order valence-electron chi connectivity index (χ4n) is 3.21. The van der Waals surface area contributed by atoms with Gasteiger partial charge in [0.1, 0.15) is 23.0 Å². The molecule has 1 atom stereocenters. The van der Waals surface area contributed by atoms with E-state index in [4.69, 9.17) is 4.74 Å². The van der Waals surface area contributed by atoms with E-state index in [1.54, 1.807) is 36.4 Å². The van der Waals surface area contributed by atoms with E-state index in [9.17, 15) is 23.9 Å². The Morgan fingerprint density at radius 3 is 2.34 bits per heavy atom. The molecular formula is C24H21FN2O5. The Hall–Kier alpha value is -4.07. The number of benzene rings is 2. The topological polar surface area (TPSA) is 106 Å². The molecule has 0 fully saturated rings. The van der Waals surface area contributed by atoms with E-state index in [-0.39, 0.29) is 17.0 Å². The summed E-state index contributed by atoms with van der Waals surface area (Å²) in [6, 6.07) is 14.2. The van der Waals surface area contributed by atoms with Gasteiger partial charge in [0.2, 0.25) is 0 Å². The summed E-state index contributed by atoms with van der Waals surface area (Å²) in [7, 11) is 1.46. The second kappa shape index (κ2) is 9.82. The zero-order valence-corrected chi connectivity index (χ0v) is 17.5. The Morgan fingerprint density at radius 1 is 1.06 bits per heavy atom. The fourth-order valence-corrected chi connectivity index (χ4v) is 3.21. The number of methoxy groups -OCH3 is 1. The third-order valence-electron chi connectivity index (χ3n) is 4.84. The number of carbonyl (C=O) groups excluding carboxylic acids is 2. The number of halogens is 1. The number of aliphatic carboxylic acids is 1. The van der Waals surface area contributed by atoms with Crippen molar-refractivity contribution in [2.45, 2.75) is 19.4 Å². The van der Waals surface area contributed by atoms with Crippen molar-refractivity contribution >= 4 is 17.7 Å². The number of ketones is 1. The van der Waals surface area contributed by atoms with Gasteiger partial charge in [0.05, 0.1) is 19.6 Å². The second-order valence-corrected chi connectivity index (χ2v) is 7.03. The first-order chi connectivity index (χ1) is 15.3. The van der Waals surface area contributed by atoms with Crippen molar-refractivity contribution < 1.29 is 28.6 Å². The lowest BCUT2D eigenvalue weighted by molar-refractivity contribution is -0.137. The Bertz CT molecular complexity index is 1160. The third-order valence-corrected chi connectivity index (χ3v) is 4.84. The largest absolute Gasteiger partial charge is 0.494 e. The number of hydrogen-bond donors (Lipinski definition) is 2. The van der Waals surface area contributed by atoms with Crippen LogP contribution in [0.4, 0.5) is 4.39 Å². The summed E-state index contributed by atoms with van der Waals surface area (Å²) < 4.78 is 19.6. The lowest BCUT2D eigenvalue weighted by atomic mass is 10.0. The minimum absolute atomic E-state index is 0.00294. The van der Waals surface area contributed by atoms with Crippen LogP contribution in [0.15, 0.2) is 60.7 Å². The Kier molecular flexibility index (Phi) is 6.94. The van der Waals surface area contributed by atoms with E-state index in [1.165, 1.54) is 38.3 Å². The highest BCUT2D eigenvalue weighted by Gasteiger charge is 2.23. The summed E-state index contributed by atoms with van der Waals surface area (Å²) >= 11 is 0. The maximum absolute atomic E-state index is 14.2. The van der Waals surface area contributed by atoms with E-state index < -0.39 is 30.2 Å². The quantitative estimate of drug-likeness (QED) is 0.516. The highest BCUT2D eigenvalue weighted by molar-refractivity contribution is 5.95. The molecule has 0 bridgehead atoms. The minimum atomic E-state index is -1.19. The van der Waals surface area contributed by atoms with Crippen LogP contribution >= 0.6 is 0 Å². The van der Waals surface area contributed by atoms with Crippen LogP contribution in [0.25, 0.3) is 11.3 Å². The van der Waals surface area contributed by atoms with Crippen LogP contribution in [0, 0.1) is 5.82 Å². The average molecular weight is 436 g/mol. The Labute approximate surface area is 183 Å². The smallest absolute Gasteiger partial charge is 0.305 e. The molecular weight excluding hydrogens is 415 g/mol. The number of aromatic nitrogens is 1. The number of Topliss-reactive ketones (excluding diaryl/α,β-unsaturated/α-hetero) is 1. The van der Waals surface area contributed by atoms with Crippen molar-refractivity contribution in [2.24, 2.45) is 0 Å². The number of nitrogens with one attached hydrogen (secondary N) is 1. The lowest BCUT2D eigenvalue weighted by Gasteiger charge is -2.18. The monoisotopic (exact) mass is 436 g/mol. The van der Waals surface area contributed by atoms with Gasteiger partial charge in [-0.15, -0.1) is 0 Å². The standard InChI is InChI=1S/C24H21FN2O5/c1-14(28)15-7-9-16(10-8-15)23-21(32-2)12-11-19(26-23)24(31)27-20(13-22(29)30)17-5-3-4-6-18(17)25/h3-12,20H,13H2,1-2H3,(H,27,31)(H,29,30). The zero-order chi connectivity index (χ0) is 23.3. The molecule has 0 aliphatic heterocycles. The highest BCUT2D eigenvalue weighted by Crippen LogP contribution is 2.29. The molecule has 0 spiro atoms. The molecule has 0 saturated carbocycles. The number of ether oxygens (including phenoxy) is 1.